The van der Waals surface area contributed by atoms with Crippen LogP contribution >= 0.6 is 11.3 Å². The summed E-state index contributed by atoms with van der Waals surface area (Å²) in [7, 11) is 2.99. The van der Waals surface area contributed by atoms with E-state index in [-0.39, 0.29) is 40.5 Å². The summed E-state index contributed by atoms with van der Waals surface area (Å²) in [5.41, 5.74) is 0.571. The van der Waals surface area contributed by atoms with E-state index in [0.717, 1.165) is 11.3 Å². The molecule has 0 amide bonds. The van der Waals surface area contributed by atoms with Crippen molar-refractivity contribution in [2.45, 2.75) is 19.9 Å². The second-order valence-corrected chi connectivity index (χ2v) is 9.45. The smallest absolute Gasteiger partial charge is 0.338 e. The number of thiazole rings is 1. The van der Waals surface area contributed by atoms with Crippen molar-refractivity contribution in [2.75, 3.05) is 27.6 Å². The van der Waals surface area contributed by atoms with Crippen LogP contribution in [0.2, 0.25) is 0 Å². The molecule has 0 aliphatic carbocycles. The highest BCUT2D eigenvalue weighted by atomic mass is 32.1. The fourth-order valence-electron chi connectivity index (χ4n) is 4.49. The van der Waals surface area contributed by atoms with Gasteiger partial charge in [-0.2, -0.15) is 0 Å². The van der Waals surface area contributed by atoms with Crippen molar-refractivity contribution in [1.29, 1.82) is 0 Å². The Morgan fingerprint density at radius 1 is 1.21 bits per heavy atom. The Morgan fingerprint density at radius 2 is 1.92 bits per heavy atom. The fraction of sp³-hybridized carbons (Fsp3) is 0.269. The van der Waals surface area contributed by atoms with Crippen LogP contribution in [0.1, 0.15) is 31.0 Å². The lowest BCUT2D eigenvalue weighted by atomic mass is 9.95. The number of nitro groups is 1. The van der Waals surface area contributed by atoms with Crippen LogP contribution in [0.15, 0.2) is 51.4 Å². The molecule has 202 valence electrons. The number of esters is 1. The van der Waals surface area contributed by atoms with Gasteiger partial charge in [-0.3, -0.25) is 19.5 Å². The average molecular weight is 554 g/mol. The van der Waals surface area contributed by atoms with E-state index in [1.165, 1.54) is 37.0 Å². The molecule has 0 radical (unpaired) electrons. The minimum Gasteiger partial charge on any atom is -0.493 e. The molecule has 0 unspecified atom stereocenters. The fourth-order valence-corrected chi connectivity index (χ4v) is 5.53. The van der Waals surface area contributed by atoms with E-state index < -0.39 is 22.5 Å². The molecule has 2 aromatic carbocycles. The first-order chi connectivity index (χ1) is 18.8. The summed E-state index contributed by atoms with van der Waals surface area (Å²) in [5.74, 6) is 0.860. The van der Waals surface area contributed by atoms with Gasteiger partial charge in [0.25, 0.3) is 11.2 Å². The number of nitro benzene ring substituents is 1. The molecule has 0 fully saturated rings. The molecule has 2 aliphatic rings. The molecular formula is C26H23N3O9S. The van der Waals surface area contributed by atoms with Crippen LogP contribution in [-0.2, 0) is 9.53 Å². The minimum absolute atomic E-state index is 0.0562. The van der Waals surface area contributed by atoms with Crippen LogP contribution in [0, 0.1) is 10.1 Å². The predicted octanol–water partition coefficient (Wildman–Crippen LogP) is 2.45. The van der Waals surface area contributed by atoms with E-state index in [0.29, 0.717) is 33.3 Å². The molecule has 12 nitrogen and oxygen atoms in total. The summed E-state index contributed by atoms with van der Waals surface area (Å²) in [5, 5.41) is 11.8. The van der Waals surface area contributed by atoms with Gasteiger partial charge in [0.15, 0.2) is 27.8 Å². The Morgan fingerprint density at radius 3 is 2.59 bits per heavy atom. The largest absolute Gasteiger partial charge is 0.493 e. The normalized spacial score (nSPS) is 16.0. The van der Waals surface area contributed by atoms with Gasteiger partial charge in [0.05, 0.1) is 59.2 Å². The number of hydrogen-bond donors (Lipinski definition) is 0. The van der Waals surface area contributed by atoms with Crippen LogP contribution in [0.25, 0.3) is 6.08 Å². The Kier molecular flexibility index (Phi) is 6.83. The highest BCUT2D eigenvalue weighted by Crippen LogP contribution is 2.39. The van der Waals surface area contributed by atoms with Crippen molar-refractivity contribution in [3.63, 3.8) is 0 Å². The third-order valence-corrected chi connectivity index (χ3v) is 7.23. The third-order valence-electron chi connectivity index (χ3n) is 6.25. The second kappa shape index (κ2) is 10.3. The van der Waals surface area contributed by atoms with Gasteiger partial charge in [0.2, 0.25) is 6.79 Å². The lowest BCUT2D eigenvalue weighted by Gasteiger charge is -2.25. The number of carbonyl (C=O) groups excluding carboxylic acids is 1. The number of benzene rings is 2. The van der Waals surface area contributed by atoms with Crippen LogP contribution in [0.5, 0.6) is 23.0 Å². The molecule has 0 spiro atoms. The first-order valence-corrected chi connectivity index (χ1v) is 12.6. The van der Waals surface area contributed by atoms with Gasteiger partial charge >= 0.3 is 5.97 Å². The van der Waals surface area contributed by atoms with E-state index in [9.17, 15) is 19.7 Å². The van der Waals surface area contributed by atoms with Crippen molar-refractivity contribution in [3.8, 4) is 23.0 Å². The Bertz CT molecular complexity index is 1720. The number of methoxy groups -OCH3 is 2. The Labute approximate surface area is 225 Å². The molecule has 39 heavy (non-hydrogen) atoms. The number of fused-ring (bicyclic) bond motifs is 2. The number of allylic oxidation sites excluding steroid dienone is 1. The molecular weight excluding hydrogens is 530 g/mol. The van der Waals surface area contributed by atoms with E-state index in [1.807, 2.05) is 0 Å². The topological polar surface area (TPSA) is 141 Å². The molecule has 0 bridgehead atoms. The summed E-state index contributed by atoms with van der Waals surface area (Å²) < 4.78 is 28.3. The maximum absolute atomic E-state index is 13.9. The van der Waals surface area contributed by atoms with E-state index in [4.69, 9.17) is 23.7 Å². The summed E-state index contributed by atoms with van der Waals surface area (Å²) in [6.07, 6.45) is 1.42. The molecule has 13 heteroatoms. The minimum atomic E-state index is -0.894. The number of aromatic nitrogens is 1. The highest BCUT2D eigenvalue weighted by molar-refractivity contribution is 7.07. The van der Waals surface area contributed by atoms with Gasteiger partial charge in [0.1, 0.15) is 0 Å². The van der Waals surface area contributed by atoms with Crippen molar-refractivity contribution in [2.24, 2.45) is 4.99 Å². The zero-order chi connectivity index (χ0) is 27.8. The Hall–Kier alpha value is -4.65. The molecule has 2 aliphatic heterocycles. The third kappa shape index (κ3) is 4.50. The van der Waals surface area contributed by atoms with E-state index >= 15 is 0 Å². The highest BCUT2D eigenvalue weighted by Gasteiger charge is 2.34. The summed E-state index contributed by atoms with van der Waals surface area (Å²) in [4.78, 5) is 43.0. The van der Waals surface area contributed by atoms with E-state index in [2.05, 4.69) is 4.99 Å². The van der Waals surface area contributed by atoms with Gasteiger partial charge in [-0.05, 0) is 43.7 Å². The standard InChI is InChI=1S/C26H23N3O9S/c1-5-36-25(31)22-13(2)27-26-28(23(22)14-6-7-17(34-3)18(8-14)35-4)24(30)21(39-26)10-15-9-19-20(38-12-37-19)11-16(15)29(32)33/h6-11,23H,5,12H2,1-4H3/b21-10-/t23-/m1/s1. The monoisotopic (exact) mass is 553 g/mol. The molecule has 0 saturated carbocycles. The predicted molar refractivity (Wildman–Crippen MR) is 139 cm³/mol. The van der Waals surface area contributed by atoms with Gasteiger partial charge < -0.3 is 23.7 Å². The molecule has 5 rings (SSSR count). The number of rotatable bonds is 7. The first kappa shape index (κ1) is 26.0. The molecule has 3 heterocycles. The van der Waals surface area contributed by atoms with Crippen LogP contribution < -0.4 is 33.8 Å². The van der Waals surface area contributed by atoms with Gasteiger partial charge in [-0.25, -0.2) is 9.79 Å². The lowest BCUT2D eigenvalue weighted by molar-refractivity contribution is -0.385. The number of nitrogens with zero attached hydrogens (tertiary/aromatic N) is 3. The zero-order valence-corrected chi connectivity index (χ0v) is 22.2. The van der Waals surface area contributed by atoms with E-state index in [1.54, 1.807) is 32.0 Å². The van der Waals surface area contributed by atoms with Crippen molar-refractivity contribution < 1.29 is 33.4 Å². The van der Waals surface area contributed by atoms with Gasteiger partial charge in [0, 0.05) is 0 Å². The molecule has 3 aromatic rings. The average Bonchev–Trinajstić information content (AvgIpc) is 3.50. The molecule has 1 aromatic heterocycles. The second-order valence-electron chi connectivity index (χ2n) is 8.44. The zero-order valence-electron chi connectivity index (χ0n) is 21.4. The molecule has 1 atom stereocenters. The molecule has 0 N–H and O–H groups in total. The SMILES string of the molecule is CCOC(=O)C1=C(C)N=c2s/c(=C\c3cc4c(cc3[N+](=O)[O-])OCO4)c(=O)n2[C@@H]1c1ccc(OC)c(OC)c1. The summed E-state index contributed by atoms with van der Waals surface area (Å²) in [6, 6.07) is 6.91. The molecule has 0 saturated heterocycles. The van der Waals surface area contributed by atoms with Crippen molar-refractivity contribution >= 4 is 29.1 Å². The maximum atomic E-state index is 13.9. The number of ether oxygens (including phenoxy) is 5. The Balaban J connectivity index is 1.75. The number of hydrogen-bond acceptors (Lipinski definition) is 11. The lowest BCUT2D eigenvalue weighted by Crippen LogP contribution is -2.40. The van der Waals surface area contributed by atoms with Crippen LogP contribution in [-0.4, -0.2) is 43.1 Å². The van der Waals surface area contributed by atoms with Gasteiger partial charge in [-0.1, -0.05) is 17.4 Å². The van der Waals surface area contributed by atoms with Crippen molar-refractivity contribution in [1.82, 2.24) is 4.57 Å². The number of carbonyl (C=O) groups is 1. The summed E-state index contributed by atoms with van der Waals surface area (Å²) in [6.45, 7) is 3.43. The van der Waals surface area contributed by atoms with Gasteiger partial charge in [-0.15, -0.1) is 0 Å². The van der Waals surface area contributed by atoms with Crippen LogP contribution in [0.4, 0.5) is 5.69 Å². The maximum Gasteiger partial charge on any atom is 0.338 e. The quantitative estimate of drug-likeness (QED) is 0.245. The van der Waals surface area contributed by atoms with Crippen molar-refractivity contribution in [3.05, 3.63) is 82.5 Å². The van der Waals surface area contributed by atoms with Crippen LogP contribution in [0.3, 0.4) is 0 Å². The first-order valence-electron chi connectivity index (χ1n) is 11.8. The summed E-state index contributed by atoms with van der Waals surface area (Å²) >= 11 is 1.05.